The molecule has 1 aromatic rings. The third-order valence-electron chi connectivity index (χ3n) is 4.63. The van der Waals surface area contributed by atoms with Crippen LogP contribution in [0.2, 0.25) is 0 Å². The lowest BCUT2D eigenvalue weighted by Crippen LogP contribution is -2.46. The molecule has 1 aliphatic heterocycles. The molecular weight excluding hydrogens is 302 g/mol. The van der Waals surface area contributed by atoms with E-state index in [4.69, 9.17) is 0 Å². The molecule has 3 rings (SSSR count). The largest absolute Gasteiger partial charge is 0.363 e. The molecule has 2 aliphatic rings. The smallest absolute Gasteiger partial charge is 0.292 e. The lowest BCUT2D eigenvalue weighted by atomic mass is 10.0. The second kappa shape index (κ2) is 7.98. The van der Waals surface area contributed by atoms with Crippen LogP contribution in [-0.4, -0.2) is 42.5 Å². The van der Waals surface area contributed by atoms with E-state index in [1.54, 1.807) is 12.1 Å². The van der Waals surface area contributed by atoms with Gasteiger partial charge in [0.25, 0.3) is 5.69 Å². The van der Waals surface area contributed by atoms with Crippen LogP contribution in [0.3, 0.4) is 0 Å². The van der Waals surface area contributed by atoms with E-state index in [1.807, 2.05) is 12.1 Å². The summed E-state index contributed by atoms with van der Waals surface area (Å²) in [5.41, 5.74) is 2.20. The maximum absolute atomic E-state index is 11.2. The third-order valence-corrected chi connectivity index (χ3v) is 4.63. The number of hydrogen-bond donors (Lipinski definition) is 0. The van der Waals surface area contributed by atoms with Crippen molar-refractivity contribution in [2.75, 3.05) is 37.6 Å². The van der Waals surface area contributed by atoms with Crippen LogP contribution in [0, 0.1) is 22.0 Å². The number of hydrogen-bond acceptors (Lipinski definition) is 4. The molecule has 0 unspecified atom stereocenters. The number of nitrogens with zero attached hydrogens (tertiary/aromatic N) is 3. The Labute approximate surface area is 143 Å². The predicted molar refractivity (Wildman–Crippen MR) is 96.1 cm³/mol. The SMILES string of the molecule is O=[N+]([O-])c1ccccc1N1CCN(CC#CC2=CCCCC2)CC1. The fourth-order valence-corrected chi connectivity index (χ4v) is 3.25. The maximum atomic E-state index is 11.2. The van der Waals surface area contributed by atoms with Crippen LogP contribution in [0.15, 0.2) is 35.9 Å². The number of allylic oxidation sites excluding steroid dienone is 2. The summed E-state index contributed by atoms with van der Waals surface area (Å²) in [4.78, 5) is 15.3. The summed E-state index contributed by atoms with van der Waals surface area (Å²) in [5, 5.41) is 11.2. The number of nitro benzene ring substituents is 1. The lowest BCUT2D eigenvalue weighted by molar-refractivity contribution is -0.384. The lowest BCUT2D eigenvalue weighted by Gasteiger charge is -2.34. The molecule has 5 nitrogen and oxygen atoms in total. The average Bonchev–Trinajstić information content (AvgIpc) is 2.63. The Balaban J connectivity index is 1.54. The first-order chi connectivity index (χ1) is 11.7. The fourth-order valence-electron chi connectivity index (χ4n) is 3.25. The van der Waals surface area contributed by atoms with Crippen molar-refractivity contribution in [3.8, 4) is 11.8 Å². The zero-order valence-electron chi connectivity index (χ0n) is 13.9. The van der Waals surface area contributed by atoms with Crippen molar-refractivity contribution in [3.05, 3.63) is 46.0 Å². The first kappa shape index (κ1) is 16.5. The van der Waals surface area contributed by atoms with Gasteiger partial charge in [0.2, 0.25) is 0 Å². The summed E-state index contributed by atoms with van der Waals surface area (Å²) >= 11 is 0. The quantitative estimate of drug-likeness (QED) is 0.486. The van der Waals surface area contributed by atoms with Gasteiger partial charge in [-0.25, -0.2) is 0 Å². The molecule has 0 N–H and O–H groups in total. The number of benzene rings is 1. The number of nitro groups is 1. The molecule has 0 spiro atoms. The highest BCUT2D eigenvalue weighted by atomic mass is 16.6. The minimum absolute atomic E-state index is 0.190. The molecule has 1 aliphatic carbocycles. The molecule has 126 valence electrons. The van der Waals surface area contributed by atoms with Gasteiger partial charge >= 0.3 is 0 Å². The highest BCUT2D eigenvalue weighted by molar-refractivity contribution is 5.63. The van der Waals surface area contributed by atoms with E-state index < -0.39 is 0 Å². The van der Waals surface area contributed by atoms with Crippen molar-refractivity contribution in [1.29, 1.82) is 0 Å². The normalized spacial score (nSPS) is 18.5. The highest BCUT2D eigenvalue weighted by Crippen LogP contribution is 2.28. The van der Waals surface area contributed by atoms with E-state index in [0.29, 0.717) is 0 Å². The van der Waals surface area contributed by atoms with E-state index >= 15 is 0 Å². The van der Waals surface area contributed by atoms with Gasteiger partial charge in [0, 0.05) is 32.2 Å². The number of rotatable bonds is 3. The van der Waals surface area contributed by atoms with Gasteiger partial charge in [0.05, 0.1) is 11.5 Å². The van der Waals surface area contributed by atoms with Gasteiger partial charge in [-0.3, -0.25) is 15.0 Å². The van der Waals surface area contributed by atoms with Crippen LogP contribution in [0.25, 0.3) is 0 Å². The molecular formula is C19H23N3O2. The zero-order chi connectivity index (χ0) is 16.8. The minimum Gasteiger partial charge on any atom is -0.363 e. The van der Waals surface area contributed by atoms with Gasteiger partial charge in [-0.05, 0) is 37.3 Å². The van der Waals surface area contributed by atoms with E-state index in [-0.39, 0.29) is 10.6 Å². The molecule has 1 heterocycles. The van der Waals surface area contributed by atoms with Crippen molar-refractivity contribution in [1.82, 2.24) is 4.90 Å². The van der Waals surface area contributed by atoms with Crippen LogP contribution in [-0.2, 0) is 0 Å². The summed E-state index contributed by atoms with van der Waals surface area (Å²) in [6.07, 6.45) is 7.10. The Hall–Kier alpha value is -2.32. The van der Waals surface area contributed by atoms with Gasteiger partial charge in [0.1, 0.15) is 5.69 Å². The number of anilines is 1. The second-order valence-electron chi connectivity index (χ2n) is 6.29. The Morgan fingerprint density at radius 1 is 1.12 bits per heavy atom. The first-order valence-corrected chi connectivity index (χ1v) is 8.62. The van der Waals surface area contributed by atoms with Crippen molar-refractivity contribution in [2.24, 2.45) is 0 Å². The highest BCUT2D eigenvalue weighted by Gasteiger charge is 2.22. The first-order valence-electron chi connectivity index (χ1n) is 8.62. The van der Waals surface area contributed by atoms with Gasteiger partial charge in [0.15, 0.2) is 0 Å². The van der Waals surface area contributed by atoms with E-state index in [9.17, 15) is 10.1 Å². The van der Waals surface area contributed by atoms with Gasteiger partial charge in [-0.1, -0.05) is 30.0 Å². The average molecular weight is 325 g/mol. The molecule has 0 radical (unpaired) electrons. The standard InChI is InChI=1S/C19H23N3O2/c23-22(24)19-11-5-4-10-18(19)21-15-13-20(14-16-21)12-6-9-17-7-2-1-3-8-17/h4-5,7,10-11H,1-3,8,12-16H2. The number of piperazine rings is 1. The van der Waals surface area contributed by atoms with Gasteiger partial charge < -0.3 is 4.90 Å². The molecule has 1 saturated heterocycles. The van der Waals surface area contributed by atoms with Crippen molar-refractivity contribution in [2.45, 2.75) is 25.7 Å². The Bertz CT molecular complexity index is 679. The molecule has 0 amide bonds. The van der Waals surface area contributed by atoms with Crippen molar-refractivity contribution in [3.63, 3.8) is 0 Å². The van der Waals surface area contributed by atoms with E-state index in [0.717, 1.165) is 44.8 Å². The molecule has 0 atom stereocenters. The van der Waals surface area contributed by atoms with Gasteiger partial charge in [-0.15, -0.1) is 0 Å². The molecule has 5 heteroatoms. The summed E-state index contributed by atoms with van der Waals surface area (Å²) in [6.45, 7) is 4.16. The summed E-state index contributed by atoms with van der Waals surface area (Å²) in [7, 11) is 0. The van der Waals surface area contributed by atoms with Crippen molar-refractivity contribution < 1.29 is 4.92 Å². The third kappa shape index (κ3) is 4.15. The molecule has 1 fully saturated rings. The topological polar surface area (TPSA) is 49.6 Å². The predicted octanol–water partition coefficient (Wildman–Crippen LogP) is 3.22. The molecule has 0 aromatic heterocycles. The summed E-state index contributed by atoms with van der Waals surface area (Å²) < 4.78 is 0. The van der Waals surface area contributed by atoms with E-state index in [1.165, 1.54) is 24.8 Å². The zero-order valence-corrected chi connectivity index (χ0v) is 13.9. The molecule has 24 heavy (non-hydrogen) atoms. The summed E-state index contributed by atoms with van der Waals surface area (Å²) in [5.74, 6) is 6.59. The van der Waals surface area contributed by atoms with Gasteiger partial charge in [-0.2, -0.15) is 0 Å². The van der Waals surface area contributed by atoms with Crippen LogP contribution in [0.1, 0.15) is 25.7 Å². The Morgan fingerprint density at radius 2 is 1.92 bits per heavy atom. The minimum atomic E-state index is -0.301. The van der Waals surface area contributed by atoms with Crippen LogP contribution in [0.5, 0.6) is 0 Å². The monoisotopic (exact) mass is 325 g/mol. The maximum Gasteiger partial charge on any atom is 0.292 e. The summed E-state index contributed by atoms with van der Waals surface area (Å²) in [6, 6.07) is 6.99. The van der Waals surface area contributed by atoms with Crippen molar-refractivity contribution >= 4 is 11.4 Å². The second-order valence-corrected chi connectivity index (χ2v) is 6.29. The Morgan fingerprint density at radius 3 is 2.62 bits per heavy atom. The van der Waals surface area contributed by atoms with Crippen LogP contribution < -0.4 is 4.90 Å². The molecule has 1 aromatic carbocycles. The van der Waals surface area contributed by atoms with Crippen LogP contribution >= 0.6 is 0 Å². The molecule has 0 bridgehead atoms. The Kier molecular flexibility index (Phi) is 5.50. The van der Waals surface area contributed by atoms with Crippen LogP contribution in [0.4, 0.5) is 11.4 Å². The van der Waals surface area contributed by atoms with E-state index in [2.05, 4.69) is 27.7 Å². The molecule has 0 saturated carbocycles. The number of para-hydroxylation sites is 2. The fraction of sp³-hybridized carbons (Fsp3) is 0.474.